The molecule has 2 saturated heterocycles. The zero-order chi connectivity index (χ0) is 38.8. The molecule has 30 heteroatoms. The summed E-state index contributed by atoms with van der Waals surface area (Å²) >= 11 is 0. The summed E-state index contributed by atoms with van der Waals surface area (Å²) < 4.78 is 73.0. The Morgan fingerprint density at radius 1 is 1.04 bits per heavy atom. The summed E-state index contributed by atoms with van der Waals surface area (Å²) in [4.78, 5) is 55.4. The number of rotatable bonds is 13. The lowest BCUT2D eigenvalue weighted by Crippen LogP contribution is -2.60. The topological polar surface area (TPSA) is 391 Å². The van der Waals surface area contributed by atoms with Gasteiger partial charge in [-0.15, -0.1) is 0 Å². The van der Waals surface area contributed by atoms with Crippen LogP contribution >= 0.6 is 23.5 Å². The quantitative estimate of drug-likeness (QED) is 0.0858. The van der Waals surface area contributed by atoms with E-state index < -0.39 is 97.5 Å². The minimum absolute atomic E-state index is 0.0205. The molecule has 0 bridgehead atoms. The van der Waals surface area contributed by atoms with Crippen molar-refractivity contribution < 1.29 is 80.7 Å². The number of nitrogens with two attached hydrogens (primary N) is 2. The molecule has 0 radical (unpaired) electrons. The van der Waals surface area contributed by atoms with Gasteiger partial charge in [0.15, 0.2) is 29.7 Å². The highest BCUT2D eigenvalue weighted by Gasteiger charge is 2.57. The predicted octanol–water partition coefficient (Wildman–Crippen LogP) is -3.99. The number of anilines is 1. The van der Waals surface area contributed by atoms with Crippen LogP contribution in [0.1, 0.15) is 6.23 Å². The number of phosphoric acid groups is 3. The van der Waals surface area contributed by atoms with Gasteiger partial charge in [-0.25, -0.2) is 23.7 Å². The van der Waals surface area contributed by atoms with Crippen molar-refractivity contribution in [1.29, 1.82) is 0 Å². The lowest BCUT2D eigenvalue weighted by Gasteiger charge is -2.40. The number of hydrogen-bond acceptors (Lipinski definition) is 22. The van der Waals surface area contributed by atoms with Crippen molar-refractivity contribution in [2.24, 2.45) is 10.7 Å². The molecule has 4 aliphatic heterocycles. The fraction of sp³-hybridized carbons (Fsp3) is 0.609. The van der Waals surface area contributed by atoms with E-state index in [-0.39, 0.29) is 41.0 Å². The van der Waals surface area contributed by atoms with Gasteiger partial charge in [0.25, 0.3) is 5.56 Å². The number of aliphatic hydroxyl groups excluding tert-OH is 3. The SMILES string of the molecule is CO[C@@H]1[C@H](COP(=O)(O)OP(=O)(O)OP(=O)(O)OC[C@H]2O[C@@H](n3cnc4c(=O)[nH]c(N)cc43)[C@@H](O)C2O)OCC1(O)N1CN(C)C2=C1NC(N)=NC2O. The number of imidazole rings is 1. The van der Waals surface area contributed by atoms with Crippen molar-refractivity contribution in [3.05, 3.63) is 34.3 Å². The molecule has 2 fully saturated rings. The summed E-state index contributed by atoms with van der Waals surface area (Å²) in [6, 6.07) is 1.30. The maximum Gasteiger partial charge on any atom is 0.490 e. The second-order valence-corrected chi connectivity index (χ2v) is 16.7. The Balaban J connectivity index is 1.04. The number of nitrogens with one attached hydrogen (secondary N) is 2. The molecule has 27 nitrogen and oxygen atoms in total. The second kappa shape index (κ2) is 14.2. The maximum atomic E-state index is 12.6. The monoisotopic (exact) mass is 819 g/mol. The highest BCUT2D eigenvalue weighted by atomic mass is 31.3. The first kappa shape index (κ1) is 39.6. The van der Waals surface area contributed by atoms with Crippen molar-refractivity contribution in [2.75, 3.05) is 46.4 Å². The number of H-pyrrole nitrogens is 1. The number of nitrogen functional groups attached to an aromatic ring is 1. The van der Waals surface area contributed by atoms with E-state index in [1.54, 1.807) is 11.9 Å². The first-order chi connectivity index (χ1) is 24.6. The molecule has 0 aromatic carbocycles. The average molecular weight is 820 g/mol. The molecule has 0 spiro atoms. The van der Waals surface area contributed by atoms with Crippen LogP contribution in [0.4, 0.5) is 5.82 Å². The van der Waals surface area contributed by atoms with Crippen LogP contribution in [-0.2, 0) is 45.6 Å². The van der Waals surface area contributed by atoms with Crippen LogP contribution < -0.4 is 22.3 Å². The van der Waals surface area contributed by atoms with Gasteiger partial charge in [0, 0.05) is 20.2 Å². The highest BCUT2D eigenvalue weighted by Crippen LogP contribution is 2.68. The van der Waals surface area contributed by atoms with Crippen molar-refractivity contribution in [3.8, 4) is 0 Å². The van der Waals surface area contributed by atoms with Crippen LogP contribution in [0.2, 0.25) is 0 Å². The third kappa shape index (κ3) is 7.76. The number of aromatic amines is 1. The normalized spacial score (nSPS) is 33.8. The molecule has 0 aliphatic carbocycles. The highest BCUT2D eigenvalue weighted by molar-refractivity contribution is 7.66. The van der Waals surface area contributed by atoms with Gasteiger partial charge < -0.3 is 85.5 Å². The third-order valence-corrected chi connectivity index (χ3v) is 12.7. The summed E-state index contributed by atoms with van der Waals surface area (Å²) in [5, 5.41) is 45.8. The molecule has 6 unspecified atom stereocenters. The number of guanidine groups is 1. The molecule has 13 N–H and O–H groups in total. The number of likely N-dealkylation sites (N-methyl/N-ethyl adjacent to an activating group) is 1. The molecule has 4 aliphatic rings. The van der Waals surface area contributed by atoms with Crippen molar-refractivity contribution in [2.45, 2.75) is 48.7 Å². The number of phosphoric ester groups is 2. The Labute approximate surface area is 296 Å². The van der Waals surface area contributed by atoms with E-state index >= 15 is 0 Å². The van der Waals surface area contributed by atoms with Gasteiger partial charge in [-0.3, -0.25) is 13.8 Å². The van der Waals surface area contributed by atoms with E-state index in [9.17, 15) is 53.6 Å². The largest absolute Gasteiger partial charge is 0.490 e. The van der Waals surface area contributed by atoms with Crippen LogP contribution in [0.5, 0.6) is 0 Å². The number of hydrogen-bond donors (Lipinski definition) is 11. The van der Waals surface area contributed by atoms with Gasteiger partial charge in [-0.2, -0.15) is 8.62 Å². The van der Waals surface area contributed by atoms with Crippen LogP contribution in [0.3, 0.4) is 0 Å². The van der Waals surface area contributed by atoms with Crippen LogP contribution in [-0.4, -0.2) is 149 Å². The number of aromatic nitrogens is 3. The second-order valence-electron chi connectivity index (χ2n) is 12.0. The summed E-state index contributed by atoms with van der Waals surface area (Å²) in [7, 11) is -14.4. The van der Waals surface area contributed by atoms with Gasteiger partial charge in [-0.1, -0.05) is 0 Å². The number of fused-ring (bicyclic) bond motifs is 1. The lowest BCUT2D eigenvalue weighted by molar-refractivity contribution is -0.160. The first-order valence-electron chi connectivity index (χ1n) is 15.1. The molecule has 2 aromatic rings. The Morgan fingerprint density at radius 2 is 1.68 bits per heavy atom. The summed E-state index contributed by atoms with van der Waals surface area (Å²) in [5.74, 6) is -0.0270. The molecule has 0 saturated carbocycles. The van der Waals surface area contributed by atoms with Gasteiger partial charge in [0.2, 0.25) is 0 Å². The van der Waals surface area contributed by atoms with Crippen LogP contribution in [0, 0.1) is 0 Å². The third-order valence-electron chi connectivity index (χ3n) is 8.48. The first-order valence-corrected chi connectivity index (χ1v) is 19.6. The minimum Gasteiger partial charge on any atom is -0.387 e. The molecular weight excluding hydrogens is 783 g/mol. The summed E-state index contributed by atoms with van der Waals surface area (Å²) in [6.07, 6.45) is -9.38. The number of ether oxygens (including phenoxy) is 3. The summed E-state index contributed by atoms with van der Waals surface area (Å²) in [6.45, 7) is -2.46. The lowest BCUT2D eigenvalue weighted by atomic mass is 10.0. The van der Waals surface area contributed by atoms with E-state index in [0.717, 1.165) is 10.9 Å². The average Bonchev–Trinajstić information content (AvgIpc) is 3.77. The zero-order valence-corrected chi connectivity index (χ0v) is 30.1. The standard InChI is InChI=1S/C23H36N9O18P3/c1-30-8-32(18-14(30)20(36)29-22(25)28-18)23(37)6-45-11(17(23)44-2)5-47-52(40,41)50-53(42,43)49-51(38,39)46-4-10-15(33)16(34)21(48-10)31-7-26-13-9(31)3-12(24)27-19(13)35/h3,7,10-11,15-17,20-21,33-34,36-37H,4-6,8H2,1-2H3,(H,38,39)(H,40,41)(H,42,43)(H3,24,27,35)(H3,25,28,29)/t10-,11+,15?,16+,17-,20?,21-,23?/m1/s1. The van der Waals surface area contributed by atoms with Gasteiger partial charge >= 0.3 is 23.5 Å². The predicted molar refractivity (Wildman–Crippen MR) is 172 cm³/mol. The van der Waals surface area contributed by atoms with E-state index in [1.165, 1.54) is 18.1 Å². The molecule has 53 heavy (non-hydrogen) atoms. The Hall–Kier alpha value is -3.04. The Kier molecular flexibility index (Phi) is 10.6. The number of nitrogens with zero attached hydrogens (tertiary/aromatic N) is 5. The smallest absolute Gasteiger partial charge is 0.387 e. The minimum atomic E-state index is -5.96. The molecule has 0 amide bonds. The van der Waals surface area contributed by atoms with E-state index in [2.05, 4.69) is 33.4 Å². The maximum absolute atomic E-state index is 12.6. The molecular formula is C23H36N9O18P3. The Morgan fingerprint density at radius 3 is 2.32 bits per heavy atom. The number of aliphatic hydroxyl groups is 4. The molecule has 6 rings (SSSR count). The van der Waals surface area contributed by atoms with E-state index in [0.29, 0.717) is 0 Å². The zero-order valence-electron chi connectivity index (χ0n) is 27.4. The fourth-order valence-corrected chi connectivity index (χ4v) is 9.74. The number of methoxy groups -OCH3 is 1. The van der Waals surface area contributed by atoms with Crippen molar-refractivity contribution >= 4 is 46.3 Å². The molecule has 6 heterocycles. The van der Waals surface area contributed by atoms with Crippen LogP contribution in [0.25, 0.3) is 11.0 Å². The van der Waals surface area contributed by atoms with Gasteiger partial charge in [-0.05, 0) is 0 Å². The Bertz CT molecular complexity index is 2010. The van der Waals surface area contributed by atoms with Gasteiger partial charge in [0.05, 0.1) is 38.3 Å². The number of pyridine rings is 1. The van der Waals surface area contributed by atoms with Crippen molar-refractivity contribution in [1.82, 2.24) is 29.7 Å². The number of aliphatic imine (C=N–C) groups is 1. The van der Waals surface area contributed by atoms with E-state index in [4.69, 9.17) is 30.2 Å². The molecule has 11 atom stereocenters. The van der Waals surface area contributed by atoms with Crippen LogP contribution in [0.15, 0.2) is 33.7 Å². The summed E-state index contributed by atoms with van der Waals surface area (Å²) in [5.41, 5.74) is 9.05. The van der Waals surface area contributed by atoms with E-state index in [1.807, 2.05) is 0 Å². The fourth-order valence-electron chi connectivity index (χ4n) is 6.22. The molecule has 2 aromatic heterocycles. The molecule has 296 valence electrons. The van der Waals surface area contributed by atoms with Crippen molar-refractivity contribution in [3.63, 3.8) is 0 Å². The van der Waals surface area contributed by atoms with Gasteiger partial charge in [0.1, 0.15) is 47.9 Å².